The van der Waals surface area contributed by atoms with Gasteiger partial charge < -0.3 is 25.3 Å². The molecule has 0 radical (unpaired) electrons. The minimum Gasteiger partial charge on any atom is -0.497 e. The average molecular weight is 457 g/mol. The van der Waals surface area contributed by atoms with Gasteiger partial charge in [-0.25, -0.2) is 0 Å². The number of carbonyl (C=O) groups excluding carboxylic acids is 2. The lowest BCUT2D eigenvalue weighted by Gasteiger charge is -2.19. The van der Waals surface area contributed by atoms with Crippen LogP contribution < -0.4 is 15.4 Å². The van der Waals surface area contributed by atoms with Crippen molar-refractivity contribution >= 4 is 33.6 Å². The number of benzene rings is 3. The Bertz CT molecular complexity index is 1380. The number of aromatic nitrogens is 1. The fraction of sp³-hybridized carbons (Fsp3) is 0.259. The number of carbonyl (C=O) groups is 2. The molecule has 4 aromatic rings. The summed E-state index contributed by atoms with van der Waals surface area (Å²) in [4.78, 5) is 31.3. The Morgan fingerprint density at radius 2 is 1.85 bits per heavy atom. The van der Waals surface area contributed by atoms with E-state index >= 15 is 0 Å². The monoisotopic (exact) mass is 456 g/mol. The van der Waals surface area contributed by atoms with E-state index in [1.165, 1.54) is 0 Å². The maximum Gasteiger partial charge on any atom is 0.253 e. The molecule has 0 atom stereocenters. The van der Waals surface area contributed by atoms with Crippen LogP contribution in [0.25, 0.3) is 32.9 Å². The molecular weight excluding hydrogens is 428 g/mol. The molecule has 1 aliphatic rings. The van der Waals surface area contributed by atoms with Gasteiger partial charge in [-0.05, 0) is 60.5 Å². The van der Waals surface area contributed by atoms with Crippen molar-refractivity contribution in [2.75, 3.05) is 40.3 Å². The molecule has 0 unspecified atom stereocenters. The lowest BCUT2D eigenvalue weighted by Crippen LogP contribution is -2.34. The fourth-order valence-corrected chi connectivity index (χ4v) is 4.65. The van der Waals surface area contributed by atoms with Crippen LogP contribution in [0.2, 0.25) is 0 Å². The summed E-state index contributed by atoms with van der Waals surface area (Å²) in [5.41, 5.74) is 4.67. The van der Waals surface area contributed by atoms with Crippen molar-refractivity contribution in [3.8, 4) is 16.9 Å². The summed E-state index contributed by atoms with van der Waals surface area (Å²) < 4.78 is 5.39. The van der Waals surface area contributed by atoms with Crippen molar-refractivity contribution in [3.63, 3.8) is 0 Å². The summed E-state index contributed by atoms with van der Waals surface area (Å²) in [7, 11) is 3.26. The summed E-state index contributed by atoms with van der Waals surface area (Å²) in [5, 5.41) is 7.99. The maximum absolute atomic E-state index is 13.1. The van der Waals surface area contributed by atoms with E-state index in [0.717, 1.165) is 64.7 Å². The Balaban J connectivity index is 1.63. The first kappa shape index (κ1) is 22.0. The molecule has 1 saturated heterocycles. The smallest absolute Gasteiger partial charge is 0.253 e. The van der Waals surface area contributed by atoms with Gasteiger partial charge in [-0.2, -0.15) is 0 Å². The van der Waals surface area contributed by atoms with Crippen LogP contribution in [0.15, 0.2) is 54.6 Å². The van der Waals surface area contributed by atoms with Crippen molar-refractivity contribution in [1.82, 2.24) is 20.5 Å². The number of aromatic amines is 1. The van der Waals surface area contributed by atoms with Gasteiger partial charge in [0.1, 0.15) is 5.75 Å². The standard InChI is InChI=1S/C27H28N4O3/c1-28-26(32)23-15-19(17-5-3-6-20(13-17)34-2)14-22-21-8-7-18(16-24(21)30-25(22)23)27(33)31-11-4-9-29-10-12-31/h3,5-8,13-16,29-30H,4,9-12H2,1-2H3,(H,28,32). The van der Waals surface area contributed by atoms with Gasteiger partial charge in [0, 0.05) is 48.5 Å². The van der Waals surface area contributed by atoms with E-state index in [4.69, 9.17) is 4.74 Å². The first-order valence-corrected chi connectivity index (χ1v) is 11.5. The highest BCUT2D eigenvalue weighted by atomic mass is 16.5. The Kier molecular flexibility index (Phi) is 5.94. The van der Waals surface area contributed by atoms with E-state index in [1.54, 1.807) is 14.2 Å². The number of H-pyrrole nitrogens is 1. The number of hydrogen-bond acceptors (Lipinski definition) is 4. The van der Waals surface area contributed by atoms with Crippen LogP contribution in [0, 0.1) is 0 Å². The predicted molar refractivity (Wildman–Crippen MR) is 135 cm³/mol. The van der Waals surface area contributed by atoms with E-state index in [-0.39, 0.29) is 11.8 Å². The third kappa shape index (κ3) is 3.99. The van der Waals surface area contributed by atoms with Gasteiger partial charge in [0.05, 0.1) is 18.2 Å². The van der Waals surface area contributed by atoms with E-state index in [1.807, 2.05) is 53.4 Å². The van der Waals surface area contributed by atoms with E-state index in [2.05, 4.69) is 21.7 Å². The second-order valence-corrected chi connectivity index (χ2v) is 8.54. The molecule has 2 heterocycles. The number of fused-ring (bicyclic) bond motifs is 3. The van der Waals surface area contributed by atoms with Crippen molar-refractivity contribution in [2.45, 2.75) is 6.42 Å². The van der Waals surface area contributed by atoms with Crippen molar-refractivity contribution < 1.29 is 14.3 Å². The lowest BCUT2D eigenvalue weighted by atomic mass is 9.98. The predicted octanol–water partition coefficient (Wildman–Crippen LogP) is 3.79. The second kappa shape index (κ2) is 9.19. The number of hydrogen-bond donors (Lipinski definition) is 3. The number of amides is 2. The molecule has 0 saturated carbocycles. The Hall–Kier alpha value is -3.84. The van der Waals surface area contributed by atoms with Crippen LogP contribution in [0.3, 0.4) is 0 Å². The normalized spacial score (nSPS) is 14.2. The van der Waals surface area contributed by atoms with Crippen LogP contribution in [0.4, 0.5) is 0 Å². The molecule has 34 heavy (non-hydrogen) atoms. The lowest BCUT2D eigenvalue weighted by molar-refractivity contribution is 0.0766. The molecule has 0 spiro atoms. The fourth-order valence-electron chi connectivity index (χ4n) is 4.65. The number of nitrogens with zero attached hydrogens (tertiary/aromatic N) is 1. The van der Waals surface area contributed by atoms with Crippen LogP contribution in [-0.4, -0.2) is 62.0 Å². The zero-order chi connectivity index (χ0) is 23.7. The second-order valence-electron chi connectivity index (χ2n) is 8.54. The van der Waals surface area contributed by atoms with Crippen molar-refractivity contribution in [1.29, 1.82) is 0 Å². The molecule has 2 amide bonds. The SMILES string of the molecule is CNC(=O)c1cc(-c2cccc(OC)c2)cc2c1[nH]c1cc(C(=O)N3CCCNCC3)ccc12. The highest BCUT2D eigenvalue weighted by Gasteiger charge is 2.20. The number of nitrogens with one attached hydrogen (secondary N) is 3. The third-order valence-corrected chi connectivity index (χ3v) is 6.46. The molecular formula is C27H28N4O3. The summed E-state index contributed by atoms with van der Waals surface area (Å²) in [6, 6.07) is 17.5. The van der Waals surface area contributed by atoms with Crippen LogP contribution in [0.5, 0.6) is 5.75 Å². The minimum absolute atomic E-state index is 0.0350. The zero-order valence-corrected chi connectivity index (χ0v) is 19.4. The molecule has 1 fully saturated rings. The van der Waals surface area contributed by atoms with Crippen molar-refractivity contribution in [3.05, 3.63) is 65.7 Å². The van der Waals surface area contributed by atoms with Crippen molar-refractivity contribution in [2.24, 2.45) is 0 Å². The van der Waals surface area contributed by atoms with E-state index in [9.17, 15) is 9.59 Å². The highest BCUT2D eigenvalue weighted by Crippen LogP contribution is 2.34. The highest BCUT2D eigenvalue weighted by molar-refractivity contribution is 6.17. The van der Waals surface area contributed by atoms with Gasteiger partial charge in [0.2, 0.25) is 0 Å². The van der Waals surface area contributed by atoms with Crippen LogP contribution in [-0.2, 0) is 0 Å². The third-order valence-electron chi connectivity index (χ3n) is 6.46. The number of ether oxygens (including phenoxy) is 1. The summed E-state index contributed by atoms with van der Waals surface area (Å²) in [6.45, 7) is 3.20. The Labute approximate surface area is 198 Å². The van der Waals surface area contributed by atoms with Gasteiger partial charge in [-0.3, -0.25) is 9.59 Å². The van der Waals surface area contributed by atoms with Crippen LogP contribution in [0.1, 0.15) is 27.1 Å². The topological polar surface area (TPSA) is 86.5 Å². The summed E-state index contributed by atoms with van der Waals surface area (Å²) in [5.74, 6) is 0.618. The molecule has 7 nitrogen and oxygen atoms in total. The van der Waals surface area contributed by atoms with Gasteiger partial charge in [0.25, 0.3) is 11.8 Å². The zero-order valence-electron chi connectivity index (χ0n) is 19.4. The molecule has 0 aliphatic carbocycles. The van der Waals surface area contributed by atoms with E-state index < -0.39 is 0 Å². The average Bonchev–Trinajstić information content (AvgIpc) is 3.04. The first-order chi connectivity index (χ1) is 16.6. The molecule has 7 heteroatoms. The summed E-state index contributed by atoms with van der Waals surface area (Å²) in [6.07, 6.45) is 0.947. The minimum atomic E-state index is -0.172. The summed E-state index contributed by atoms with van der Waals surface area (Å²) >= 11 is 0. The van der Waals surface area contributed by atoms with Gasteiger partial charge in [-0.1, -0.05) is 18.2 Å². The first-order valence-electron chi connectivity index (χ1n) is 11.5. The van der Waals surface area contributed by atoms with Gasteiger partial charge in [0.15, 0.2) is 0 Å². The van der Waals surface area contributed by atoms with Gasteiger partial charge >= 0.3 is 0 Å². The van der Waals surface area contributed by atoms with Gasteiger partial charge in [-0.15, -0.1) is 0 Å². The molecule has 1 aromatic heterocycles. The number of methoxy groups -OCH3 is 1. The molecule has 3 aromatic carbocycles. The maximum atomic E-state index is 13.1. The number of rotatable bonds is 4. The van der Waals surface area contributed by atoms with Crippen LogP contribution >= 0.6 is 0 Å². The largest absolute Gasteiger partial charge is 0.497 e. The Morgan fingerprint density at radius 1 is 0.971 bits per heavy atom. The quantitative estimate of drug-likeness (QED) is 0.436. The molecule has 174 valence electrons. The molecule has 0 bridgehead atoms. The molecule has 1 aliphatic heterocycles. The van der Waals surface area contributed by atoms with E-state index in [0.29, 0.717) is 17.7 Å². The molecule has 3 N–H and O–H groups in total. The Morgan fingerprint density at radius 3 is 2.68 bits per heavy atom. The molecule has 5 rings (SSSR count).